The molecule has 0 saturated heterocycles. The van der Waals surface area contributed by atoms with Crippen molar-refractivity contribution >= 4 is 0 Å². The van der Waals surface area contributed by atoms with Crippen molar-refractivity contribution in [3.63, 3.8) is 0 Å². The number of hydrogen-bond acceptors (Lipinski definition) is 0. The molecule has 0 radical (unpaired) electrons. The fourth-order valence-corrected chi connectivity index (χ4v) is 4.85. The summed E-state index contributed by atoms with van der Waals surface area (Å²) in [6.45, 7) is 22.3. The van der Waals surface area contributed by atoms with E-state index in [0.717, 1.165) is 19.3 Å². The van der Waals surface area contributed by atoms with Gasteiger partial charge in [0.05, 0.1) is 0 Å². The second-order valence-corrected chi connectivity index (χ2v) is 12.6. The van der Waals surface area contributed by atoms with Crippen molar-refractivity contribution < 1.29 is 0 Å². The van der Waals surface area contributed by atoms with Gasteiger partial charge >= 0.3 is 0 Å². The first-order valence-electron chi connectivity index (χ1n) is 15.2. The van der Waals surface area contributed by atoms with E-state index in [0.29, 0.717) is 11.3 Å². The average Bonchev–Trinajstić information content (AvgIpc) is 2.85. The summed E-state index contributed by atoms with van der Waals surface area (Å²) in [5.41, 5.74) is 9.94. The van der Waals surface area contributed by atoms with E-state index in [-0.39, 0.29) is 0 Å². The summed E-state index contributed by atoms with van der Waals surface area (Å²) in [7, 11) is 0. The molecule has 0 saturated carbocycles. The molecule has 0 heterocycles. The van der Waals surface area contributed by atoms with E-state index in [1.807, 2.05) is 0 Å². The van der Waals surface area contributed by atoms with Gasteiger partial charge in [-0.3, -0.25) is 0 Å². The molecular weight excluding hydrogens is 480 g/mol. The highest BCUT2D eigenvalue weighted by molar-refractivity contribution is 5.32. The van der Waals surface area contributed by atoms with E-state index in [9.17, 15) is 0 Å². The molecule has 0 aromatic heterocycles. The molecule has 0 fully saturated rings. The summed E-state index contributed by atoms with van der Waals surface area (Å²) < 4.78 is 0. The van der Waals surface area contributed by atoms with E-state index in [2.05, 4.69) is 160 Å². The van der Waals surface area contributed by atoms with Crippen LogP contribution in [0.1, 0.15) is 108 Å². The van der Waals surface area contributed by atoms with Crippen LogP contribution in [0, 0.1) is 11.3 Å². The van der Waals surface area contributed by atoms with Crippen LogP contribution in [0.25, 0.3) is 0 Å². The van der Waals surface area contributed by atoms with Gasteiger partial charge in [0.2, 0.25) is 0 Å². The average molecular weight is 539 g/mol. The lowest BCUT2D eigenvalue weighted by Crippen LogP contribution is -2.26. The highest BCUT2D eigenvalue weighted by Gasteiger charge is 2.30. The molecule has 40 heavy (non-hydrogen) atoms. The maximum Gasteiger partial charge on any atom is 0.00285 e. The number of rotatable bonds is 14. The lowest BCUT2D eigenvalue weighted by Gasteiger charge is -2.36. The van der Waals surface area contributed by atoms with Gasteiger partial charge in [0, 0.05) is 5.92 Å². The molecule has 0 nitrogen and oxygen atoms in total. The third-order valence-corrected chi connectivity index (χ3v) is 7.55. The minimum Gasteiger partial charge on any atom is -0.0856 e. The van der Waals surface area contributed by atoms with Gasteiger partial charge in [0.1, 0.15) is 0 Å². The molecule has 218 valence electrons. The van der Waals surface area contributed by atoms with Gasteiger partial charge in [-0.05, 0) is 99.3 Å². The van der Waals surface area contributed by atoms with Crippen LogP contribution in [0.4, 0.5) is 0 Å². The van der Waals surface area contributed by atoms with Gasteiger partial charge in [0.25, 0.3) is 0 Å². The van der Waals surface area contributed by atoms with E-state index < -0.39 is 0 Å². The number of hydrogen-bond donors (Lipinski definition) is 0. The molecule has 0 unspecified atom stereocenters. The zero-order valence-corrected chi connectivity index (χ0v) is 27.5. The van der Waals surface area contributed by atoms with Crippen LogP contribution >= 0.6 is 0 Å². The lowest BCUT2D eigenvalue weighted by molar-refractivity contribution is 0.255. The minimum atomic E-state index is 0.345. The normalized spacial score (nSPS) is 19.9. The Morgan fingerprint density at radius 2 is 1.23 bits per heavy atom. The van der Waals surface area contributed by atoms with Crippen LogP contribution in [-0.4, -0.2) is 0 Å². The van der Waals surface area contributed by atoms with Crippen molar-refractivity contribution in [1.29, 1.82) is 0 Å². The van der Waals surface area contributed by atoms with Crippen molar-refractivity contribution in [2.75, 3.05) is 0 Å². The molecule has 0 aliphatic heterocycles. The smallest absolute Gasteiger partial charge is 0.00285 e. The fourth-order valence-electron chi connectivity index (χ4n) is 4.85. The van der Waals surface area contributed by atoms with Gasteiger partial charge in [-0.1, -0.05) is 144 Å². The second-order valence-electron chi connectivity index (χ2n) is 12.6. The van der Waals surface area contributed by atoms with E-state index in [4.69, 9.17) is 0 Å². The maximum atomic E-state index is 2.40. The quantitative estimate of drug-likeness (QED) is 0.152. The standard InChI is InChI=1S/C40H58/c1-32(2)18-13-21-35(5)24-15-26-36(6)25-14-22-33(3)19-11-12-20-34(4)23-16-27-37(7)29-30-39-38(8)28-17-31-40(39,9)10/h11-12,14,16,18-20,22-25,27-30,39H,13,15,17,21,26,31H2,1-10H3/t39-/m0/s1. The van der Waals surface area contributed by atoms with Gasteiger partial charge in [-0.25, -0.2) is 0 Å². The van der Waals surface area contributed by atoms with E-state index in [1.54, 1.807) is 0 Å². The molecule has 0 bridgehead atoms. The first-order valence-corrected chi connectivity index (χ1v) is 15.2. The monoisotopic (exact) mass is 538 g/mol. The van der Waals surface area contributed by atoms with Crippen molar-refractivity contribution in [1.82, 2.24) is 0 Å². The fraction of sp³-hybridized carbons (Fsp3) is 0.450. The van der Waals surface area contributed by atoms with Crippen molar-refractivity contribution in [3.8, 4) is 0 Å². The van der Waals surface area contributed by atoms with Crippen LogP contribution in [0.3, 0.4) is 0 Å². The molecule has 0 N–H and O–H groups in total. The van der Waals surface area contributed by atoms with Crippen LogP contribution in [0.15, 0.2) is 130 Å². The van der Waals surface area contributed by atoms with Gasteiger partial charge < -0.3 is 0 Å². The molecular formula is C40H58. The Balaban J connectivity index is 2.51. The maximum absolute atomic E-state index is 2.40. The van der Waals surface area contributed by atoms with E-state index in [1.165, 1.54) is 58.3 Å². The highest BCUT2D eigenvalue weighted by Crippen LogP contribution is 2.41. The van der Waals surface area contributed by atoms with Crippen LogP contribution in [0.5, 0.6) is 0 Å². The van der Waals surface area contributed by atoms with Crippen molar-refractivity contribution in [2.45, 2.75) is 108 Å². The summed E-state index contributed by atoms with van der Waals surface area (Å²) in [5, 5.41) is 0. The van der Waals surface area contributed by atoms with Crippen LogP contribution < -0.4 is 0 Å². The Morgan fingerprint density at radius 1 is 0.700 bits per heavy atom. The van der Waals surface area contributed by atoms with Crippen LogP contribution in [-0.2, 0) is 0 Å². The van der Waals surface area contributed by atoms with Crippen molar-refractivity contribution in [3.05, 3.63) is 130 Å². The summed E-state index contributed by atoms with van der Waals surface area (Å²) >= 11 is 0. The van der Waals surface area contributed by atoms with Crippen LogP contribution in [0.2, 0.25) is 0 Å². The topological polar surface area (TPSA) is 0 Å². The summed E-state index contributed by atoms with van der Waals surface area (Å²) in [6.07, 6.45) is 40.5. The molecule has 0 heteroatoms. The molecule has 0 spiro atoms. The Bertz CT molecular complexity index is 1120. The summed E-state index contributed by atoms with van der Waals surface area (Å²) in [4.78, 5) is 0. The third-order valence-electron chi connectivity index (χ3n) is 7.55. The molecule has 1 aliphatic carbocycles. The Hall–Kier alpha value is -2.86. The Kier molecular flexibility index (Phi) is 16.9. The molecule has 0 amide bonds. The summed E-state index contributed by atoms with van der Waals surface area (Å²) in [6, 6.07) is 0. The predicted octanol–water partition coefficient (Wildman–Crippen LogP) is 12.9. The third kappa shape index (κ3) is 16.3. The number of allylic oxidation sites excluding steroid dienone is 22. The highest BCUT2D eigenvalue weighted by atomic mass is 14.3. The van der Waals surface area contributed by atoms with Crippen molar-refractivity contribution in [2.24, 2.45) is 11.3 Å². The minimum absolute atomic E-state index is 0.345. The van der Waals surface area contributed by atoms with Gasteiger partial charge in [-0.2, -0.15) is 0 Å². The van der Waals surface area contributed by atoms with Gasteiger partial charge in [0.15, 0.2) is 0 Å². The molecule has 1 atom stereocenters. The van der Waals surface area contributed by atoms with E-state index >= 15 is 0 Å². The zero-order valence-electron chi connectivity index (χ0n) is 27.5. The lowest BCUT2D eigenvalue weighted by atomic mass is 9.68. The summed E-state index contributed by atoms with van der Waals surface area (Å²) in [5.74, 6) is 0.533. The molecule has 1 aliphatic rings. The largest absolute Gasteiger partial charge is 0.0856 e. The molecule has 0 aromatic rings. The SMILES string of the molecule is CC(C)=CCCC(C)=CCCC(C)=CC=CC(C)=CC=CC=C(C)C=CC=C(C)C=C[C@H]1C(C)=CCCC1(C)C. The first kappa shape index (κ1) is 35.2. The zero-order chi connectivity index (χ0) is 30.0. The molecule has 1 rings (SSSR count). The Labute approximate surface area is 248 Å². The predicted molar refractivity (Wildman–Crippen MR) is 184 cm³/mol. The second kappa shape index (κ2) is 19.3. The van der Waals surface area contributed by atoms with Gasteiger partial charge in [-0.15, -0.1) is 0 Å². The Morgan fingerprint density at radius 3 is 1.82 bits per heavy atom. The molecule has 0 aromatic carbocycles. The first-order chi connectivity index (χ1) is 18.9.